The maximum Gasteiger partial charge on any atom is 0.173 e. The average Bonchev–Trinajstić information content (AvgIpc) is 2.51. The Morgan fingerprint density at radius 3 is 2.75 bits per heavy atom. The summed E-state index contributed by atoms with van der Waals surface area (Å²) in [6, 6.07) is 1.25. The van der Waals surface area contributed by atoms with Crippen molar-refractivity contribution in [3.8, 4) is 0 Å². The number of nitrogens with zero attached hydrogens (tertiary/aromatic N) is 1. The highest BCUT2D eigenvalue weighted by Crippen LogP contribution is 2.24. The van der Waals surface area contributed by atoms with Gasteiger partial charge in [-0.3, -0.25) is 0 Å². The summed E-state index contributed by atoms with van der Waals surface area (Å²) < 4.78 is 22.3. The zero-order valence-corrected chi connectivity index (χ0v) is 10.4. The Morgan fingerprint density at radius 2 is 2.19 bits per heavy atom. The molecule has 86 valence electrons. The molecule has 1 aromatic rings. The molecule has 0 radical (unpaired) electrons. The highest BCUT2D eigenvalue weighted by molar-refractivity contribution is 7.94. The van der Waals surface area contributed by atoms with Crippen LogP contribution < -0.4 is 5.32 Å². The lowest BCUT2D eigenvalue weighted by atomic mass is 10.3. The molecule has 1 aromatic heterocycles. The number of sulfone groups is 1. The first-order valence-electron chi connectivity index (χ1n) is 4.45. The third-order valence-corrected chi connectivity index (χ3v) is 3.95. The van der Waals surface area contributed by atoms with Crippen LogP contribution in [0, 0.1) is 0 Å². The molecule has 4 nitrogen and oxygen atoms in total. The molecule has 0 saturated heterocycles. The van der Waals surface area contributed by atoms with Gasteiger partial charge < -0.3 is 5.32 Å². The largest absolute Gasteiger partial charge is 0.362 e. The molecule has 1 N–H and O–H groups in total. The Hall–Kier alpha value is -0.780. The van der Waals surface area contributed by atoms with Gasteiger partial charge in [0.25, 0.3) is 0 Å². The fraction of sp³-hybridized carbons (Fsp3) is 0.222. The molecule has 16 heavy (non-hydrogen) atoms. The predicted octanol–water partition coefficient (Wildman–Crippen LogP) is 2.11. The number of pyridine rings is 1. The highest BCUT2D eigenvalue weighted by atomic mass is 35.5. The third-order valence-electron chi connectivity index (χ3n) is 2.06. The van der Waals surface area contributed by atoms with Crippen molar-refractivity contribution in [3.63, 3.8) is 0 Å². The van der Waals surface area contributed by atoms with E-state index in [1.165, 1.54) is 11.6 Å². The van der Waals surface area contributed by atoms with Crippen LogP contribution in [-0.4, -0.2) is 25.2 Å². The molecule has 2 heterocycles. The van der Waals surface area contributed by atoms with E-state index >= 15 is 0 Å². The minimum Gasteiger partial charge on any atom is -0.362 e. The minimum atomic E-state index is -3.08. The van der Waals surface area contributed by atoms with Crippen LogP contribution in [0.2, 0.25) is 10.0 Å². The Morgan fingerprint density at radius 1 is 1.44 bits per heavy atom. The summed E-state index contributed by atoms with van der Waals surface area (Å²) in [5.74, 6) is 0.450. The Labute approximate surface area is 103 Å². The van der Waals surface area contributed by atoms with Gasteiger partial charge in [-0.15, -0.1) is 0 Å². The van der Waals surface area contributed by atoms with Crippen molar-refractivity contribution < 1.29 is 8.42 Å². The summed E-state index contributed by atoms with van der Waals surface area (Å²) >= 11 is 11.6. The molecule has 2 rings (SSSR count). The fourth-order valence-electron chi connectivity index (χ4n) is 1.36. The molecule has 1 aliphatic heterocycles. The monoisotopic (exact) mass is 278 g/mol. The second-order valence-electron chi connectivity index (χ2n) is 3.39. The molecular formula is C9H8Cl2N2O2S. The van der Waals surface area contributed by atoms with E-state index < -0.39 is 9.84 Å². The zero-order valence-electron chi connectivity index (χ0n) is 8.02. The van der Waals surface area contributed by atoms with Crippen molar-refractivity contribution in [1.82, 2.24) is 4.98 Å². The topological polar surface area (TPSA) is 59.1 Å². The number of hydrogen-bond donors (Lipinski definition) is 1. The quantitative estimate of drug-likeness (QED) is 0.900. The maximum atomic E-state index is 11.2. The van der Waals surface area contributed by atoms with Crippen molar-refractivity contribution in [2.75, 3.05) is 11.1 Å². The van der Waals surface area contributed by atoms with E-state index in [1.54, 1.807) is 12.1 Å². The van der Waals surface area contributed by atoms with E-state index in [1.807, 2.05) is 0 Å². The molecule has 1 aliphatic rings. The van der Waals surface area contributed by atoms with Gasteiger partial charge in [0.2, 0.25) is 0 Å². The summed E-state index contributed by atoms with van der Waals surface area (Å²) in [6.07, 6.45) is 3.02. The lowest BCUT2D eigenvalue weighted by Crippen LogP contribution is -2.21. The van der Waals surface area contributed by atoms with Gasteiger partial charge in [0.05, 0.1) is 21.8 Å². The van der Waals surface area contributed by atoms with Gasteiger partial charge in [-0.25, -0.2) is 13.4 Å². The van der Waals surface area contributed by atoms with E-state index in [0.29, 0.717) is 15.9 Å². The SMILES string of the molecule is O=S1(=O)C=CC(Nc2ncc(Cl)cc2Cl)C1. The molecule has 0 aromatic carbocycles. The summed E-state index contributed by atoms with van der Waals surface area (Å²) in [7, 11) is -3.08. The van der Waals surface area contributed by atoms with Crippen molar-refractivity contribution in [2.24, 2.45) is 0 Å². The first-order chi connectivity index (χ1) is 7.46. The maximum absolute atomic E-state index is 11.2. The van der Waals surface area contributed by atoms with Crippen molar-refractivity contribution in [1.29, 1.82) is 0 Å². The smallest absolute Gasteiger partial charge is 0.173 e. The van der Waals surface area contributed by atoms with Crippen LogP contribution in [0.25, 0.3) is 0 Å². The zero-order chi connectivity index (χ0) is 11.8. The van der Waals surface area contributed by atoms with Gasteiger partial charge in [-0.1, -0.05) is 23.2 Å². The molecule has 1 unspecified atom stereocenters. The van der Waals surface area contributed by atoms with Gasteiger partial charge in [0, 0.05) is 11.6 Å². The Balaban J connectivity index is 2.14. The molecule has 0 saturated carbocycles. The lowest BCUT2D eigenvalue weighted by molar-refractivity contribution is 0.605. The first-order valence-corrected chi connectivity index (χ1v) is 6.92. The van der Waals surface area contributed by atoms with Gasteiger partial charge >= 0.3 is 0 Å². The second-order valence-corrected chi connectivity index (χ2v) is 6.17. The van der Waals surface area contributed by atoms with Crippen LogP contribution >= 0.6 is 23.2 Å². The second kappa shape index (κ2) is 4.24. The fourth-order valence-corrected chi connectivity index (χ4v) is 3.03. The number of nitrogens with one attached hydrogen (secondary N) is 1. The van der Waals surface area contributed by atoms with Crippen LogP contribution in [0.3, 0.4) is 0 Å². The molecule has 1 atom stereocenters. The van der Waals surface area contributed by atoms with E-state index in [4.69, 9.17) is 23.2 Å². The van der Waals surface area contributed by atoms with Gasteiger partial charge in [0.15, 0.2) is 9.84 Å². The molecule has 0 spiro atoms. The summed E-state index contributed by atoms with van der Waals surface area (Å²) in [5.41, 5.74) is 0. The lowest BCUT2D eigenvalue weighted by Gasteiger charge is -2.11. The Kier molecular flexibility index (Phi) is 3.10. The molecule has 0 aliphatic carbocycles. The third kappa shape index (κ3) is 2.66. The average molecular weight is 279 g/mol. The predicted molar refractivity (Wildman–Crippen MR) is 64.6 cm³/mol. The summed E-state index contributed by atoms with van der Waals surface area (Å²) in [4.78, 5) is 3.99. The molecule has 0 fully saturated rings. The molecule has 7 heteroatoms. The number of halogens is 2. The number of hydrogen-bond acceptors (Lipinski definition) is 4. The number of rotatable bonds is 2. The highest BCUT2D eigenvalue weighted by Gasteiger charge is 2.22. The first kappa shape index (κ1) is 11.7. The summed E-state index contributed by atoms with van der Waals surface area (Å²) in [6.45, 7) is 0. The van der Waals surface area contributed by atoms with Crippen molar-refractivity contribution in [2.45, 2.75) is 6.04 Å². The molecule has 0 bridgehead atoms. The minimum absolute atomic E-state index is 0.0215. The van der Waals surface area contributed by atoms with Gasteiger partial charge in [0.1, 0.15) is 5.82 Å². The van der Waals surface area contributed by atoms with E-state index in [0.717, 1.165) is 0 Å². The van der Waals surface area contributed by atoms with E-state index in [-0.39, 0.29) is 11.8 Å². The van der Waals surface area contributed by atoms with Crippen molar-refractivity contribution >= 4 is 38.9 Å². The van der Waals surface area contributed by atoms with Crippen molar-refractivity contribution in [3.05, 3.63) is 33.8 Å². The Bertz CT molecular complexity index is 542. The van der Waals surface area contributed by atoms with Crippen LogP contribution in [0.1, 0.15) is 0 Å². The van der Waals surface area contributed by atoms with Gasteiger partial charge in [-0.05, 0) is 12.1 Å². The normalized spacial score (nSPS) is 22.2. The number of anilines is 1. The van der Waals surface area contributed by atoms with Crippen LogP contribution in [0.4, 0.5) is 5.82 Å². The molecular weight excluding hydrogens is 271 g/mol. The molecule has 0 amide bonds. The number of aromatic nitrogens is 1. The van der Waals surface area contributed by atoms with Crippen LogP contribution in [-0.2, 0) is 9.84 Å². The van der Waals surface area contributed by atoms with E-state index in [2.05, 4.69) is 10.3 Å². The van der Waals surface area contributed by atoms with Crippen LogP contribution in [0.5, 0.6) is 0 Å². The summed E-state index contributed by atoms with van der Waals surface area (Å²) in [5, 5.41) is 4.91. The van der Waals surface area contributed by atoms with Gasteiger partial charge in [-0.2, -0.15) is 0 Å². The van der Waals surface area contributed by atoms with Crippen LogP contribution in [0.15, 0.2) is 23.7 Å². The standard InChI is InChI=1S/C9H8Cl2N2O2S/c10-6-3-8(11)9(12-4-6)13-7-1-2-16(14,15)5-7/h1-4,7H,5H2,(H,12,13). The van der Waals surface area contributed by atoms with E-state index in [9.17, 15) is 8.42 Å².